The molecule has 2 amide bonds. The maximum absolute atomic E-state index is 13.6. The predicted molar refractivity (Wildman–Crippen MR) is 141 cm³/mol. The number of methoxy groups -OCH3 is 1. The third-order valence-electron chi connectivity index (χ3n) is 5.62. The second-order valence-electron chi connectivity index (χ2n) is 8.36. The van der Waals surface area contributed by atoms with E-state index in [4.69, 9.17) is 9.47 Å². The van der Waals surface area contributed by atoms with E-state index in [0.717, 1.165) is 29.0 Å². The lowest BCUT2D eigenvalue weighted by Gasteiger charge is -2.32. The first-order valence-corrected chi connectivity index (χ1v) is 13.9. The smallest absolute Gasteiger partial charge is 0.244 e. The molecular formula is C26H37N3O6S. The molecule has 0 aliphatic carbocycles. The summed E-state index contributed by atoms with van der Waals surface area (Å²) in [6.45, 7) is 5.93. The van der Waals surface area contributed by atoms with Gasteiger partial charge in [0.2, 0.25) is 21.8 Å². The predicted octanol–water partition coefficient (Wildman–Crippen LogP) is 3.19. The Balaban J connectivity index is 2.39. The summed E-state index contributed by atoms with van der Waals surface area (Å²) >= 11 is 0. The second-order valence-corrected chi connectivity index (χ2v) is 10.3. The minimum atomic E-state index is -3.84. The Morgan fingerprint density at radius 1 is 1.06 bits per heavy atom. The first kappa shape index (κ1) is 29.0. The van der Waals surface area contributed by atoms with Crippen molar-refractivity contribution in [3.63, 3.8) is 0 Å². The Morgan fingerprint density at radius 2 is 1.72 bits per heavy atom. The molecule has 0 fully saturated rings. The molecule has 1 N–H and O–H groups in total. The highest BCUT2D eigenvalue weighted by Gasteiger charge is 2.31. The molecule has 0 aliphatic heterocycles. The summed E-state index contributed by atoms with van der Waals surface area (Å²) in [5.41, 5.74) is 1.04. The lowest BCUT2D eigenvalue weighted by atomic mass is 10.1. The molecule has 0 radical (unpaired) electrons. The van der Waals surface area contributed by atoms with E-state index >= 15 is 0 Å². The fraction of sp³-hybridized carbons (Fsp3) is 0.462. The molecule has 2 rings (SSSR count). The zero-order chi connectivity index (χ0) is 26.7. The van der Waals surface area contributed by atoms with Gasteiger partial charge in [0.15, 0.2) is 0 Å². The van der Waals surface area contributed by atoms with Gasteiger partial charge in [-0.1, -0.05) is 37.6 Å². The molecule has 0 saturated heterocycles. The number of rotatable bonds is 14. The standard InChI is InChI=1S/C26H37N3O6S/c1-6-8-17-27-26(31)20(3)28(18-21-13-15-22(34-4)16-14-21)25(30)19-29(36(5,32)33)23-11-9-10-12-24(23)35-7-2/h9-16,20H,6-8,17-19H2,1-5H3,(H,27,31). The van der Waals surface area contributed by atoms with Crippen molar-refractivity contribution >= 4 is 27.5 Å². The van der Waals surface area contributed by atoms with Crippen molar-refractivity contribution in [3.05, 3.63) is 54.1 Å². The summed E-state index contributed by atoms with van der Waals surface area (Å²) < 4.78 is 37.3. The van der Waals surface area contributed by atoms with Gasteiger partial charge >= 0.3 is 0 Å². The number of hydrogen-bond acceptors (Lipinski definition) is 6. The summed E-state index contributed by atoms with van der Waals surface area (Å²) in [7, 11) is -2.28. The summed E-state index contributed by atoms with van der Waals surface area (Å²) in [5, 5.41) is 2.86. The summed E-state index contributed by atoms with van der Waals surface area (Å²) in [5.74, 6) is 0.203. The minimum absolute atomic E-state index is 0.121. The molecule has 0 spiro atoms. The van der Waals surface area contributed by atoms with Gasteiger partial charge in [0.25, 0.3) is 0 Å². The topological polar surface area (TPSA) is 105 Å². The van der Waals surface area contributed by atoms with E-state index in [-0.39, 0.29) is 18.1 Å². The van der Waals surface area contributed by atoms with E-state index < -0.39 is 28.5 Å². The molecule has 0 aromatic heterocycles. The van der Waals surface area contributed by atoms with Gasteiger partial charge in [0, 0.05) is 13.1 Å². The van der Waals surface area contributed by atoms with Gasteiger partial charge in [-0.15, -0.1) is 0 Å². The molecule has 0 aliphatic rings. The van der Waals surface area contributed by atoms with Crippen LogP contribution in [0, 0.1) is 0 Å². The van der Waals surface area contributed by atoms with E-state index in [0.29, 0.717) is 24.7 Å². The van der Waals surface area contributed by atoms with Gasteiger partial charge < -0.3 is 19.7 Å². The van der Waals surface area contributed by atoms with Crippen LogP contribution in [0.2, 0.25) is 0 Å². The van der Waals surface area contributed by atoms with Crippen LogP contribution in [-0.2, 0) is 26.2 Å². The number of unbranched alkanes of at least 4 members (excludes halogenated alkanes) is 1. The maximum Gasteiger partial charge on any atom is 0.244 e. The number of anilines is 1. The molecular weight excluding hydrogens is 482 g/mol. The first-order chi connectivity index (χ1) is 17.1. The second kappa shape index (κ2) is 13.7. The van der Waals surface area contributed by atoms with Crippen LogP contribution in [0.15, 0.2) is 48.5 Å². The number of amides is 2. The van der Waals surface area contributed by atoms with Gasteiger partial charge in [-0.05, 0) is 50.1 Å². The van der Waals surface area contributed by atoms with Crippen LogP contribution in [-0.4, -0.2) is 64.2 Å². The lowest BCUT2D eigenvalue weighted by Crippen LogP contribution is -2.51. The molecule has 1 unspecified atom stereocenters. The van der Waals surface area contributed by atoms with Crippen LogP contribution in [0.1, 0.15) is 39.2 Å². The fourth-order valence-electron chi connectivity index (χ4n) is 3.58. The molecule has 2 aromatic rings. The third kappa shape index (κ3) is 8.15. The molecule has 10 heteroatoms. The quantitative estimate of drug-likeness (QED) is 0.385. The van der Waals surface area contributed by atoms with E-state index in [2.05, 4.69) is 5.32 Å². The molecule has 36 heavy (non-hydrogen) atoms. The highest BCUT2D eigenvalue weighted by molar-refractivity contribution is 7.92. The van der Waals surface area contributed by atoms with Crippen LogP contribution >= 0.6 is 0 Å². The number of ether oxygens (including phenoxy) is 2. The van der Waals surface area contributed by atoms with Crippen LogP contribution in [0.4, 0.5) is 5.69 Å². The van der Waals surface area contributed by atoms with Crippen molar-refractivity contribution < 1.29 is 27.5 Å². The van der Waals surface area contributed by atoms with Crippen molar-refractivity contribution in [2.75, 3.05) is 37.4 Å². The lowest BCUT2D eigenvalue weighted by molar-refractivity contribution is -0.139. The maximum atomic E-state index is 13.6. The number of nitrogens with one attached hydrogen (secondary N) is 1. The summed E-state index contributed by atoms with van der Waals surface area (Å²) in [6.07, 6.45) is 2.78. The average Bonchev–Trinajstić information content (AvgIpc) is 2.85. The number of carbonyl (C=O) groups excluding carboxylic acids is 2. The van der Waals surface area contributed by atoms with Crippen LogP contribution in [0.3, 0.4) is 0 Å². The van der Waals surface area contributed by atoms with E-state index in [9.17, 15) is 18.0 Å². The SMILES string of the molecule is CCCCNC(=O)C(C)N(Cc1ccc(OC)cc1)C(=O)CN(c1ccccc1OCC)S(C)(=O)=O. The molecule has 2 aromatic carbocycles. The van der Waals surface area contributed by atoms with Crippen molar-refractivity contribution in [1.29, 1.82) is 0 Å². The normalized spacial score (nSPS) is 11.9. The van der Waals surface area contributed by atoms with Crippen molar-refractivity contribution in [2.24, 2.45) is 0 Å². The van der Waals surface area contributed by atoms with Gasteiger partial charge in [0.1, 0.15) is 24.1 Å². The van der Waals surface area contributed by atoms with Crippen LogP contribution in [0.25, 0.3) is 0 Å². The fourth-order valence-corrected chi connectivity index (χ4v) is 4.43. The van der Waals surface area contributed by atoms with Gasteiger partial charge in [0.05, 0.1) is 25.7 Å². The Kier molecular flexibility index (Phi) is 11.0. The summed E-state index contributed by atoms with van der Waals surface area (Å²) in [4.78, 5) is 27.9. The monoisotopic (exact) mass is 519 g/mol. The molecule has 198 valence electrons. The van der Waals surface area contributed by atoms with Gasteiger partial charge in [-0.3, -0.25) is 13.9 Å². The van der Waals surface area contributed by atoms with Gasteiger partial charge in [-0.25, -0.2) is 8.42 Å². The zero-order valence-electron chi connectivity index (χ0n) is 21.7. The van der Waals surface area contributed by atoms with Crippen molar-refractivity contribution in [2.45, 2.75) is 46.2 Å². The minimum Gasteiger partial charge on any atom is -0.497 e. The molecule has 0 saturated carbocycles. The largest absolute Gasteiger partial charge is 0.497 e. The number of carbonyl (C=O) groups is 2. The Morgan fingerprint density at radius 3 is 2.31 bits per heavy atom. The van der Waals surface area contributed by atoms with E-state index in [1.807, 2.05) is 6.92 Å². The average molecular weight is 520 g/mol. The molecule has 0 bridgehead atoms. The number of sulfonamides is 1. The Hall–Kier alpha value is -3.27. The number of nitrogens with zero attached hydrogens (tertiary/aromatic N) is 2. The molecule has 9 nitrogen and oxygen atoms in total. The van der Waals surface area contributed by atoms with Crippen molar-refractivity contribution in [3.8, 4) is 11.5 Å². The van der Waals surface area contributed by atoms with Crippen LogP contribution in [0.5, 0.6) is 11.5 Å². The number of hydrogen-bond donors (Lipinski definition) is 1. The third-order valence-corrected chi connectivity index (χ3v) is 6.75. The summed E-state index contributed by atoms with van der Waals surface area (Å²) in [6, 6.07) is 13.0. The zero-order valence-corrected chi connectivity index (χ0v) is 22.5. The van der Waals surface area contributed by atoms with Crippen LogP contribution < -0.4 is 19.1 Å². The highest BCUT2D eigenvalue weighted by Crippen LogP contribution is 2.30. The number of para-hydroxylation sites is 2. The Labute approximate surface area is 214 Å². The highest BCUT2D eigenvalue weighted by atomic mass is 32.2. The number of benzene rings is 2. The van der Waals surface area contributed by atoms with Gasteiger partial charge in [-0.2, -0.15) is 0 Å². The molecule has 0 heterocycles. The molecule has 1 atom stereocenters. The van der Waals surface area contributed by atoms with E-state index in [1.165, 1.54) is 4.90 Å². The first-order valence-electron chi connectivity index (χ1n) is 12.0. The Bertz CT molecular complexity index is 1100. The van der Waals surface area contributed by atoms with E-state index in [1.54, 1.807) is 69.5 Å². The van der Waals surface area contributed by atoms with Crippen molar-refractivity contribution in [1.82, 2.24) is 10.2 Å².